The van der Waals surface area contributed by atoms with Crippen LogP contribution in [0.15, 0.2) is 20.8 Å². The van der Waals surface area contributed by atoms with Crippen LogP contribution in [0.25, 0.3) is 0 Å². The SMILES string of the molecule is CCCC[Si]1(C)C#CC2=C([Si](C)(C)C)[Si](C)(C)C([Si](C)(C)C)=C2C#C[Si]1(C)CCCC. The highest BCUT2D eigenvalue weighted by Crippen LogP contribution is 2.47. The van der Waals surface area contributed by atoms with Gasteiger partial charge in [0, 0.05) is 11.1 Å². The van der Waals surface area contributed by atoms with E-state index in [4.69, 9.17) is 0 Å². The van der Waals surface area contributed by atoms with Gasteiger partial charge in [0.05, 0.1) is 24.2 Å². The van der Waals surface area contributed by atoms with Crippen LogP contribution in [-0.4, -0.2) is 39.4 Å². The molecule has 0 spiro atoms. The Labute approximate surface area is 199 Å². The predicted molar refractivity (Wildman–Crippen MR) is 156 cm³/mol. The molecule has 2 aliphatic rings. The minimum Gasteiger partial charge on any atom is -0.128 e. The molecule has 0 aromatic rings. The van der Waals surface area contributed by atoms with Crippen LogP contribution in [0.3, 0.4) is 0 Å². The molecular formula is C26H48Si5. The first-order valence-corrected chi connectivity index (χ1v) is 29.0. The summed E-state index contributed by atoms with van der Waals surface area (Å²) in [5.74, 6) is 7.97. The molecule has 2 aliphatic heterocycles. The van der Waals surface area contributed by atoms with E-state index < -0.39 is 39.4 Å². The maximum absolute atomic E-state index is 4.13. The first kappa shape index (κ1) is 26.9. The molecule has 31 heavy (non-hydrogen) atoms. The van der Waals surface area contributed by atoms with Crippen LogP contribution in [-0.2, 0) is 0 Å². The van der Waals surface area contributed by atoms with Gasteiger partial charge in [0.2, 0.25) is 0 Å². The molecule has 2 atom stereocenters. The zero-order valence-electron chi connectivity index (χ0n) is 22.7. The van der Waals surface area contributed by atoms with E-state index in [9.17, 15) is 0 Å². The summed E-state index contributed by atoms with van der Waals surface area (Å²) in [7, 11) is -8.04. The summed E-state index contributed by atoms with van der Waals surface area (Å²) >= 11 is 0. The van der Waals surface area contributed by atoms with E-state index >= 15 is 0 Å². The molecule has 2 rings (SSSR count). The Bertz CT molecular complexity index is 828. The highest BCUT2D eigenvalue weighted by atomic mass is 29.3. The van der Waals surface area contributed by atoms with Crippen molar-refractivity contribution in [2.24, 2.45) is 0 Å². The molecule has 0 bridgehead atoms. The molecule has 0 aromatic carbocycles. The second-order valence-electron chi connectivity index (χ2n) is 13.0. The summed E-state index contributed by atoms with van der Waals surface area (Å²) in [5, 5.41) is 0. The molecule has 5 heteroatoms. The van der Waals surface area contributed by atoms with Gasteiger partial charge in [0.15, 0.2) is 0 Å². The summed E-state index contributed by atoms with van der Waals surface area (Å²) < 4.78 is 0. The summed E-state index contributed by atoms with van der Waals surface area (Å²) in [6.07, 6.45) is 5.22. The Morgan fingerprint density at radius 3 is 1.19 bits per heavy atom. The van der Waals surface area contributed by atoms with Crippen LogP contribution in [0, 0.1) is 22.9 Å². The Balaban J connectivity index is 2.90. The Kier molecular flexibility index (Phi) is 7.94. The maximum atomic E-state index is 4.13. The molecule has 2 unspecified atom stereocenters. The second kappa shape index (κ2) is 9.14. The van der Waals surface area contributed by atoms with Crippen molar-refractivity contribution in [2.75, 3.05) is 0 Å². The van der Waals surface area contributed by atoms with E-state index in [0.717, 1.165) is 0 Å². The fraction of sp³-hybridized carbons (Fsp3) is 0.692. The number of unbranched alkanes of at least 4 members (excludes halogenated alkanes) is 2. The Morgan fingerprint density at radius 2 is 0.935 bits per heavy atom. The van der Waals surface area contributed by atoms with Crippen molar-refractivity contribution in [2.45, 2.75) is 117 Å². The van der Waals surface area contributed by atoms with E-state index in [1.807, 2.05) is 9.64 Å². The zero-order chi connectivity index (χ0) is 23.9. The number of allylic oxidation sites excluding steroid dienone is 2. The highest BCUT2D eigenvalue weighted by Gasteiger charge is 2.51. The van der Waals surface area contributed by atoms with E-state index in [2.05, 4.69) is 102 Å². The van der Waals surface area contributed by atoms with Gasteiger partial charge in [-0.25, -0.2) is 0 Å². The quantitative estimate of drug-likeness (QED) is 0.233. The lowest BCUT2D eigenvalue weighted by Gasteiger charge is -2.37. The van der Waals surface area contributed by atoms with Crippen molar-refractivity contribution in [3.63, 3.8) is 0 Å². The van der Waals surface area contributed by atoms with Crippen molar-refractivity contribution >= 4 is 39.4 Å². The normalized spacial score (nSPS) is 27.7. The third kappa shape index (κ3) is 5.12. The van der Waals surface area contributed by atoms with Crippen LogP contribution in [0.2, 0.25) is 77.6 Å². The van der Waals surface area contributed by atoms with Crippen LogP contribution < -0.4 is 0 Å². The molecule has 0 saturated heterocycles. The minimum atomic E-state index is -1.70. The summed E-state index contributed by atoms with van der Waals surface area (Å²) in [5.41, 5.74) is 11.2. The lowest BCUT2D eigenvalue weighted by Crippen LogP contribution is -2.58. The molecule has 172 valence electrons. The Morgan fingerprint density at radius 1 is 0.613 bits per heavy atom. The summed E-state index contributed by atoms with van der Waals surface area (Å²) in [4.78, 5) is 3.64. The second-order valence-corrected chi connectivity index (χ2v) is 41.7. The van der Waals surface area contributed by atoms with Crippen LogP contribution in [0.1, 0.15) is 39.5 Å². The van der Waals surface area contributed by atoms with Gasteiger partial charge in [-0.05, 0) is 12.1 Å². The van der Waals surface area contributed by atoms with Crippen molar-refractivity contribution in [3.05, 3.63) is 20.8 Å². The fourth-order valence-electron chi connectivity index (χ4n) is 6.29. The molecule has 0 fully saturated rings. The number of fused-ring (bicyclic) bond motifs is 1. The molecular weight excluding hydrogens is 453 g/mol. The van der Waals surface area contributed by atoms with E-state index in [0.29, 0.717) is 0 Å². The highest BCUT2D eigenvalue weighted by molar-refractivity contribution is 7.47. The van der Waals surface area contributed by atoms with Crippen LogP contribution in [0.4, 0.5) is 0 Å². The van der Waals surface area contributed by atoms with Gasteiger partial charge in [0.1, 0.15) is 15.2 Å². The summed E-state index contributed by atoms with van der Waals surface area (Å²) in [6.45, 7) is 30.5. The van der Waals surface area contributed by atoms with Crippen molar-refractivity contribution < 1.29 is 0 Å². The van der Waals surface area contributed by atoms with Crippen LogP contribution >= 0.6 is 0 Å². The minimum absolute atomic E-state index is 1.28. The van der Waals surface area contributed by atoms with Crippen molar-refractivity contribution in [3.8, 4) is 22.9 Å². The predicted octanol–water partition coefficient (Wildman–Crippen LogP) is 8.07. The standard InChI is InChI=1S/C26H48Si5/c1-13-15-19-30(11)21-17-23-24(18-22-31(30,12)20-16-14-2)26(28(6,7)8)29(9,10)25(23)27(3,4)5/h13-16,19-20H2,1-12H3. The average Bonchev–Trinajstić information content (AvgIpc) is 2.86. The molecule has 0 nitrogen and oxygen atoms in total. The zero-order valence-corrected chi connectivity index (χ0v) is 27.7. The van der Waals surface area contributed by atoms with E-state index in [-0.39, 0.29) is 0 Å². The molecule has 2 heterocycles. The third-order valence-corrected chi connectivity index (χ3v) is 38.5. The van der Waals surface area contributed by atoms with Gasteiger partial charge >= 0.3 is 0 Å². The summed E-state index contributed by atoms with van der Waals surface area (Å²) in [6, 6.07) is 2.71. The molecule has 0 N–H and O–H groups in total. The fourth-order valence-corrected chi connectivity index (χ4v) is 37.4. The number of hydrogen-bond donors (Lipinski definition) is 0. The van der Waals surface area contributed by atoms with Gasteiger partial charge in [-0.3, -0.25) is 0 Å². The Hall–Kier alpha value is -0.316. The lowest BCUT2D eigenvalue weighted by molar-refractivity contribution is 0.864. The third-order valence-electron chi connectivity index (χ3n) is 7.71. The molecule has 0 radical (unpaired) electrons. The topological polar surface area (TPSA) is 0 Å². The number of rotatable bonds is 8. The smallest absolute Gasteiger partial charge is 0.128 e. The molecule has 0 saturated carbocycles. The molecule has 0 amide bonds. The van der Waals surface area contributed by atoms with Crippen molar-refractivity contribution in [1.29, 1.82) is 0 Å². The van der Waals surface area contributed by atoms with Gasteiger partial charge in [-0.15, -0.1) is 11.1 Å². The van der Waals surface area contributed by atoms with Crippen molar-refractivity contribution in [1.82, 2.24) is 0 Å². The first-order chi connectivity index (χ1) is 14.0. The van der Waals surface area contributed by atoms with Gasteiger partial charge < -0.3 is 0 Å². The average molecular weight is 501 g/mol. The monoisotopic (exact) mass is 500 g/mol. The van der Waals surface area contributed by atoms with E-state index in [1.165, 1.54) is 48.9 Å². The first-order valence-electron chi connectivity index (χ1n) is 12.6. The van der Waals surface area contributed by atoms with Crippen LogP contribution in [0.5, 0.6) is 0 Å². The van der Waals surface area contributed by atoms with Gasteiger partial charge in [-0.2, -0.15) is 0 Å². The van der Waals surface area contributed by atoms with E-state index in [1.54, 1.807) is 0 Å². The maximum Gasteiger partial charge on any atom is 0.141 e. The molecule has 0 aliphatic carbocycles. The largest absolute Gasteiger partial charge is 0.141 e. The molecule has 0 aromatic heterocycles. The van der Waals surface area contributed by atoms with Gasteiger partial charge in [-0.1, -0.05) is 126 Å². The number of hydrogen-bond acceptors (Lipinski definition) is 0. The van der Waals surface area contributed by atoms with Gasteiger partial charge in [0.25, 0.3) is 0 Å². The lowest BCUT2D eigenvalue weighted by atomic mass is 10.1.